The lowest BCUT2D eigenvalue weighted by atomic mass is 10.3. The van der Waals surface area contributed by atoms with Crippen molar-refractivity contribution in [2.24, 2.45) is 0 Å². The maximum absolute atomic E-state index is 11.2. The van der Waals surface area contributed by atoms with E-state index in [9.17, 15) is 4.79 Å². The normalized spacial score (nSPS) is 9.88. The largest absolute Gasteiger partial charge is 0.396 e. The van der Waals surface area contributed by atoms with Gasteiger partial charge in [-0.2, -0.15) is 0 Å². The van der Waals surface area contributed by atoms with E-state index in [0.717, 1.165) is 4.47 Å². The van der Waals surface area contributed by atoms with Gasteiger partial charge in [-0.05, 0) is 28.9 Å². The highest BCUT2D eigenvalue weighted by molar-refractivity contribution is 9.10. The summed E-state index contributed by atoms with van der Waals surface area (Å²) in [7, 11) is 0. The molecule has 1 rings (SSSR count). The average Bonchev–Trinajstić information content (AvgIpc) is 2.22. The maximum Gasteiger partial charge on any atom is 0.221 e. The number of amides is 1. The molecule has 1 heterocycles. The van der Waals surface area contributed by atoms with Gasteiger partial charge in [0, 0.05) is 30.2 Å². The zero-order valence-corrected chi connectivity index (χ0v) is 10.7. The Kier molecular flexibility index (Phi) is 5.04. The van der Waals surface area contributed by atoms with Crippen molar-refractivity contribution >= 4 is 33.3 Å². The van der Waals surface area contributed by atoms with Crippen LogP contribution < -0.4 is 16.4 Å². The molecule has 0 spiro atoms. The summed E-state index contributed by atoms with van der Waals surface area (Å²) in [5.41, 5.74) is 6.30. The molecule has 0 fully saturated rings. The number of carbonyl (C=O) groups is 1. The monoisotopic (exact) mass is 286 g/mol. The molecule has 0 aromatic carbocycles. The Morgan fingerprint density at radius 2 is 2.38 bits per heavy atom. The van der Waals surface area contributed by atoms with Crippen molar-refractivity contribution in [3.05, 3.63) is 16.7 Å². The molecular formula is C10H15BrN4O. The van der Waals surface area contributed by atoms with Crippen LogP contribution in [0.2, 0.25) is 0 Å². The number of hydrogen-bond acceptors (Lipinski definition) is 4. The van der Waals surface area contributed by atoms with Gasteiger partial charge in [-0.3, -0.25) is 4.79 Å². The second-order valence-corrected chi connectivity index (χ2v) is 4.14. The number of anilines is 2. The van der Waals surface area contributed by atoms with Crippen LogP contribution in [0.15, 0.2) is 16.7 Å². The first-order valence-electron chi connectivity index (χ1n) is 5.05. The third-order valence-electron chi connectivity index (χ3n) is 1.90. The molecule has 0 aliphatic carbocycles. The van der Waals surface area contributed by atoms with Gasteiger partial charge in [0.25, 0.3) is 0 Å². The minimum atomic E-state index is 0.0192. The third kappa shape index (κ3) is 4.06. The Balaban J connectivity index is 2.40. The molecular weight excluding hydrogens is 272 g/mol. The van der Waals surface area contributed by atoms with Gasteiger partial charge in [-0.25, -0.2) is 4.98 Å². The quantitative estimate of drug-likeness (QED) is 0.764. The summed E-state index contributed by atoms with van der Waals surface area (Å²) >= 11 is 3.27. The van der Waals surface area contributed by atoms with Crippen LogP contribution in [0.1, 0.15) is 13.3 Å². The van der Waals surface area contributed by atoms with Crippen molar-refractivity contribution in [1.29, 1.82) is 0 Å². The molecule has 0 unspecified atom stereocenters. The zero-order valence-electron chi connectivity index (χ0n) is 9.09. The molecule has 0 aliphatic rings. The molecule has 16 heavy (non-hydrogen) atoms. The third-order valence-corrected chi connectivity index (χ3v) is 2.34. The number of carbonyl (C=O) groups excluding carboxylic acids is 1. The fraction of sp³-hybridized carbons (Fsp3) is 0.400. The lowest BCUT2D eigenvalue weighted by molar-refractivity contribution is -0.120. The van der Waals surface area contributed by atoms with Gasteiger partial charge in [0.2, 0.25) is 5.91 Å². The van der Waals surface area contributed by atoms with Crippen LogP contribution in [0.5, 0.6) is 0 Å². The van der Waals surface area contributed by atoms with E-state index in [4.69, 9.17) is 5.73 Å². The summed E-state index contributed by atoms with van der Waals surface area (Å²) in [5.74, 6) is 0.623. The highest BCUT2D eigenvalue weighted by Gasteiger charge is 2.02. The first-order valence-corrected chi connectivity index (χ1v) is 5.84. The average molecular weight is 287 g/mol. The molecule has 0 saturated carbocycles. The van der Waals surface area contributed by atoms with Crippen LogP contribution >= 0.6 is 15.9 Å². The van der Waals surface area contributed by atoms with Crippen LogP contribution in [-0.2, 0) is 4.79 Å². The molecule has 88 valence electrons. The number of aromatic nitrogens is 1. The van der Waals surface area contributed by atoms with E-state index in [-0.39, 0.29) is 5.91 Å². The zero-order chi connectivity index (χ0) is 12.0. The summed E-state index contributed by atoms with van der Waals surface area (Å²) < 4.78 is 0.833. The fourth-order valence-electron chi connectivity index (χ4n) is 1.18. The molecule has 5 nitrogen and oxygen atoms in total. The van der Waals surface area contributed by atoms with Crippen molar-refractivity contribution in [3.63, 3.8) is 0 Å². The highest BCUT2D eigenvalue weighted by atomic mass is 79.9. The van der Waals surface area contributed by atoms with Gasteiger partial charge >= 0.3 is 0 Å². The van der Waals surface area contributed by atoms with Gasteiger partial charge in [-0.1, -0.05) is 0 Å². The van der Waals surface area contributed by atoms with E-state index in [1.807, 2.05) is 6.92 Å². The Bertz CT molecular complexity index is 370. The molecule has 0 atom stereocenters. The van der Waals surface area contributed by atoms with Crippen molar-refractivity contribution in [2.75, 3.05) is 24.1 Å². The number of nitrogens with zero attached hydrogens (tertiary/aromatic N) is 1. The predicted octanol–water partition coefficient (Wildman–Crippen LogP) is 1.36. The number of pyridine rings is 1. The van der Waals surface area contributed by atoms with Crippen LogP contribution in [0.3, 0.4) is 0 Å². The van der Waals surface area contributed by atoms with Crippen LogP contribution in [0, 0.1) is 0 Å². The summed E-state index contributed by atoms with van der Waals surface area (Å²) in [6.45, 7) is 3.06. The first-order chi connectivity index (χ1) is 7.63. The van der Waals surface area contributed by atoms with Gasteiger partial charge < -0.3 is 16.4 Å². The van der Waals surface area contributed by atoms with Gasteiger partial charge in [-0.15, -0.1) is 0 Å². The minimum Gasteiger partial charge on any atom is -0.396 e. The van der Waals surface area contributed by atoms with Crippen LogP contribution in [0.25, 0.3) is 0 Å². The number of hydrogen-bond donors (Lipinski definition) is 3. The van der Waals surface area contributed by atoms with Crippen molar-refractivity contribution in [3.8, 4) is 0 Å². The second-order valence-electron chi connectivity index (χ2n) is 3.22. The van der Waals surface area contributed by atoms with Gasteiger partial charge in [0.1, 0.15) is 5.82 Å². The second kappa shape index (κ2) is 6.32. The molecule has 1 aromatic rings. The van der Waals surface area contributed by atoms with E-state index in [2.05, 4.69) is 31.5 Å². The van der Waals surface area contributed by atoms with Crippen molar-refractivity contribution < 1.29 is 4.79 Å². The van der Waals surface area contributed by atoms with Gasteiger partial charge in [0.05, 0.1) is 5.69 Å². The lowest BCUT2D eigenvalue weighted by Gasteiger charge is -2.08. The van der Waals surface area contributed by atoms with Crippen molar-refractivity contribution in [2.45, 2.75) is 13.3 Å². The van der Waals surface area contributed by atoms with E-state index >= 15 is 0 Å². The van der Waals surface area contributed by atoms with E-state index in [1.165, 1.54) is 0 Å². The van der Waals surface area contributed by atoms with E-state index in [1.54, 1.807) is 12.3 Å². The minimum absolute atomic E-state index is 0.0192. The number of nitrogens with two attached hydrogens (primary N) is 1. The molecule has 6 heteroatoms. The van der Waals surface area contributed by atoms with Gasteiger partial charge in [0.15, 0.2) is 0 Å². The summed E-state index contributed by atoms with van der Waals surface area (Å²) in [4.78, 5) is 15.3. The Morgan fingerprint density at radius 3 is 3.00 bits per heavy atom. The van der Waals surface area contributed by atoms with E-state index in [0.29, 0.717) is 31.0 Å². The molecule has 0 bridgehead atoms. The summed E-state index contributed by atoms with van der Waals surface area (Å²) in [5, 5.41) is 5.73. The molecule has 1 amide bonds. The van der Waals surface area contributed by atoms with Crippen molar-refractivity contribution in [1.82, 2.24) is 10.3 Å². The molecule has 0 saturated heterocycles. The van der Waals surface area contributed by atoms with Crippen LogP contribution in [0.4, 0.5) is 11.5 Å². The fourth-order valence-corrected chi connectivity index (χ4v) is 1.53. The SMILES string of the molecule is CCNC(=O)CCNc1ncc(Br)cc1N. The Morgan fingerprint density at radius 1 is 1.62 bits per heavy atom. The number of nitrogens with one attached hydrogen (secondary N) is 2. The predicted molar refractivity (Wildman–Crippen MR) is 68.1 cm³/mol. The number of nitrogen functional groups attached to an aromatic ring is 1. The van der Waals surface area contributed by atoms with E-state index < -0.39 is 0 Å². The Hall–Kier alpha value is -1.30. The summed E-state index contributed by atoms with van der Waals surface area (Å²) in [6, 6.07) is 1.77. The highest BCUT2D eigenvalue weighted by Crippen LogP contribution is 2.19. The maximum atomic E-state index is 11.2. The smallest absolute Gasteiger partial charge is 0.221 e. The Labute approximate surface area is 103 Å². The lowest BCUT2D eigenvalue weighted by Crippen LogP contribution is -2.25. The molecule has 4 N–H and O–H groups in total. The first kappa shape index (κ1) is 12.8. The molecule has 1 aromatic heterocycles. The topological polar surface area (TPSA) is 80.0 Å². The molecule has 0 aliphatic heterocycles. The van der Waals surface area contributed by atoms with Crippen LogP contribution in [-0.4, -0.2) is 24.0 Å². The number of rotatable bonds is 5. The summed E-state index contributed by atoms with van der Waals surface area (Å²) in [6.07, 6.45) is 2.07. The molecule has 0 radical (unpaired) electrons. The standard InChI is InChI=1S/C10H15BrN4O/c1-2-13-9(16)3-4-14-10-8(12)5-7(11)6-15-10/h5-6H,2-4,12H2,1H3,(H,13,16)(H,14,15). The number of halogens is 1.